The summed E-state index contributed by atoms with van der Waals surface area (Å²) in [6.07, 6.45) is -1.71. The number of carbonyl (C=O) groups excluding carboxylic acids is 1. The molecule has 34 heavy (non-hydrogen) atoms. The molecule has 0 radical (unpaired) electrons. The highest BCUT2D eigenvalue weighted by molar-refractivity contribution is 5.83. The van der Waals surface area contributed by atoms with Crippen molar-refractivity contribution in [3.63, 3.8) is 0 Å². The fraction of sp³-hybridized carbons (Fsp3) is 0.478. The second kappa shape index (κ2) is 8.44. The quantitative estimate of drug-likeness (QED) is 0.552. The maximum atomic E-state index is 12.9. The predicted molar refractivity (Wildman–Crippen MR) is 118 cm³/mol. The van der Waals surface area contributed by atoms with Gasteiger partial charge in [0.2, 0.25) is 0 Å². The van der Waals surface area contributed by atoms with Crippen molar-refractivity contribution in [3.8, 4) is 17.0 Å². The number of amides is 1. The summed E-state index contributed by atoms with van der Waals surface area (Å²) in [5, 5.41) is 18.7. The van der Waals surface area contributed by atoms with E-state index in [-0.39, 0.29) is 23.4 Å². The minimum absolute atomic E-state index is 0.0784. The minimum atomic E-state index is -4.56. The normalized spacial score (nSPS) is 17.3. The Hall–Kier alpha value is -3.37. The summed E-state index contributed by atoms with van der Waals surface area (Å²) in [6.45, 7) is 8.22. The SMILES string of the molecule is Cc1c(-c2ccc(C(F)(F)F)cc2O)nnc2c1ncn2[C@@H]1CCCN(C(=O)OC(C)(C)C)C1. The summed E-state index contributed by atoms with van der Waals surface area (Å²) in [4.78, 5) is 18.6. The molecule has 8 nitrogen and oxygen atoms in total. The highest BCUT2D eigenvalue weighted by Crippen LogP contribution is 2.38. The second-order valence-corrected chi connectivity index (χ2v) is 9.45. The molecule has 4 rings (SSSR count). The highest BCUT2D eigenvalue weighted by Gasteiger charge is 2.32. The Bertz CT molecular complexity index is 1230. The van der Waals surface area contributed by atoms with Gasteiger partial charge in [0.1, 0.15) is 22.6 Å². The molecule has 0 saturated carbocycles. The molecule has 0 unspecified atom stereocenters. The number of alkyl halides is 3. The number of likely N-dealkylation sites (tertiary alicyclic amines) is 1. The van der Waals surface area contributed by atoms with E-state index in [0.717, 1.165) is 18.9 Å². The number of carbonyl (C=O) groups is 1. The predicted octanol–water partition coefficient (Wildman–Crippen LogP) is 5.10. The first-order valence-electron chi connectivity index (χ1n) is 10.9. The van der Waals surface area contributed by atoms with E-state index < -0.39 is 23.1 Å². The van der Waals surface area contributed by atoms with Crippen LogP contribution < -0.4 is 0 Å². The zero-order valence-electron chi connectivity index (χ0n) is 19.3. The third kappa shape index (κ3) is 4.64. The summed E-state index contributed by atoms with van der Waals surface area (Å²) >= 11 is 0. The van der Waals surface area contributed by atoms with Gasteiger partial charge in [0.05, 0.1) is 17.9 Å². The molecule has 0 spiro atoms. The van der Waals surface area contributed by atoms with Gasteiger partial charge in [0.25, 0.3) is 0 Å². The number of hydrogen-bond acceptors (Lipinski definition) is 6. The fourth-order valence-electron chi connectivity index (χ4n) is 4.11. The van der Waals surface area contributed by atoms with Gasteiger partial charge in [0, 0.05) is 24.2 Å². The molecule has 1 aliphatic heterocycles. The number of fused-ring (bicyclic) bond motifs is 1. The molecule has 2 aromatic heterocycles. The number of ether oxygens (including phenoxy) is 1. The number of halogens is 3. The molecule has 1 atom stereocenters. The van der Waals surface area contributed by atoms with E-state index in [1.54, 1.807) is 18.2 Å². The molecule has 11 heteroatoms. The number of nitrogens with zero attached hydrogens (tertiary/aromatic N) is 5. The van der Waals surface area contributed by atoms with Crippen LogP contribution in [0.5, 0.6) is 5.75 Å². The second-order valence-electron chi connectivity index (χ2n) is 9.45. The van der Waals surface area contributed by atoms with E-state index >= 15 is 0 Å². The number of aryl methyl sites for hydroxylation is 1. The van der Waals surface area contributed by atoms with Gasteiger partial charge in [-0.3, -0.25) is 0 Å². The lowest BCUT2D eigenvalue weighted by atomic mass is 10.0. The number of rotatable bonds is 2. The van der Waals surface area contributed by atoms with Crippen molar-refractivity contribution in [2.45, 2.75) is 58.4 Å². The van der Waals surface area contributed by atoms with Crippen LogP contribution in [0.25, 0.3) is 22.4 Å². The van der Waals surface area contributed by atoms with Crippen molar-refractivity contribution in [2.75, 3.05) is 13.1 Å². The Morgan fingerprint density at radius 2 is 1.94 bits per heavy atom. The van der Waals surface area contributed by atoms with Crippen molar-refractivity contribution < 1.29 is 27.8 Å². The maximum Gasteiger partial charge on any atom is 0.416 e. The molecule has 1 aliphatic rings. The largest absolute Gasteiger partial charge is 0.507 e. The monoisotopic (exact) mass is 477 g/mol. The van der Waals surface area contributed by atoms with Crippen molar-refractivity contribution in [1.82, 2.24) is 24.6 Å². The van der Waals surface area contributed by atoms with Gasteiger partial charge < -0.3 is 19.3 Å². The summed E-state index contributed by atoms with van der Waals surface area (Å²) in [6, 6.07) is 2.67. The molecule has 3 aromatic rings. The standard InChI is InChI=1S/C23H26F3N5O3/c1-13-18(16-8-7-14(10-17(16)32)23(24,25)26)28-29-20-19(13)27-12-31(20)15-6-5-9-30(11-15)21(33)34-22(2,3)4/h7-8,10,12,15,32H,5-6,9,11H2,1-4H3/t15-/m1/s1. The van der Waals surface area contributed by atoms with Gasteiger partial charge in [-0.2, -0.15) is 13.2 Å². The smallest absolute Gasteiger partial charge is 0.416 e. The zero-order chi connectivity index (χ0) is 24.8. The number of imidazole rings is 1. The van der Waals surface area contributed by atoms with Crippen molar-refractivity contribution >= 4 is 17.3 Å². The molecular formula is C23H26F3N5O3. The van der Waals surface area contributed by atoms with Crippen LogP contribution in [0.15, 0.2) is 24.5 Å². The summed E-state index contributed by atoms with van der Waals surface area (Å²) in [5.74, 6) is -0.536. The van der Waals surface area contributed by atoms with Crippen molar-refractivity contribution in [1.29, 1.82) is 0 Å². The Kier molecular flexibility index (Phi) is 5.91. The van der Waals surface area contributed by atoms with Gasteiger partial charge in [-0.1, -0.05) is 0 Å². The molecule has 0 aliphatic carbocycles. The van der Waals surface area contributed by atoms with Crippen LogP contribution in [0.4, 0.5) is 18.0 Å². The number of aromatic hydroxyl groups is 1. The molecule has 0 bridgehead atoms. The first-order valence-corrected chi connectivity index (χ1v) is 10.9. The lowest BCUT2D eigenvalue weighted by molar-refractivity contribution is -0.137. The van der Waals surface area contributed by atoms with E-state index in [2.05, 4.69) is 15.2 Å². The zero-order valence-corrected chi connectivity index (χ0v) is 19.3. The molecular weight excluding hydrogens is 451 g/mol. The van der Waals surface area contributed by atoms with Crippen LogP contribution in [-0.2, 0) is 10.9 Å². The van der Waals surface area contributed by atoms with Crippen molar-refractivity contribution in [2.24, 2.45) is 0 Å². The Morgan fingerprint density at radius 3 is 2.59 bits per heavy atom. The Labute approximate surface area is 194 Å². The van der Waals surface area contributed by atoms with Gasteiger partial charge in [0.15, 0.2) is 5.65 Å². The van der Waals surface area contributed by atoms with E-state index in [4.69, 9.17) is 4.74 Å². The topological polar surface area (TPSA) is 93.4 Å². The lowest BCUT2D eigenvalue weighted by Crippen LogP contribution is -2.43. The van der Waals surface area contributed by atoms with Crippen molar-refractivity contribution in [3.05, 3.63) is 35.7 Å². The molecule has 3 heterocycles. The number of phenols is 1. The third-order valence-corrected chi connectivity index (χ3v) is 5.74. The fourth-order valence-corrected chi connectivity index (χ4v) is 4.11. The van der Waals surface area contributed by atoms with Crippen LogP contribution in [0, 0.1) is 6.92 Å². The minimum Gasteiger partial charge on any atom is -0.507 e. The molecule has 1 aromatic carbocycles. The van der Waals surface area contributed by atoms with E-state index in [9.17, 15) is 23.1 Å². The van der Waals surface area contributed by atoms with Crippen LogP contribution in [0.1, 0.15) is 50.8 Å². The lowest BCUT2D eigenvalue weighted by Gasteiger charge is -2.34. The van der Waals surface area contributed by atoms with Crippen LogP contribution in [0.3, 0.4) is 0 Å². The molecule has 1 amide bonds. The Balaban J connectivity index is 1.63. The Morgan fingerprint density at radius 1 is 1.21 bits per heavy atom. The van der Waals surface area contributed by atoms with Crippen LogP contribution >= 0.6 is 0 Å². The third-order valence-electron chi connectivity index (χ3n) is 5.74. The van der Waals surface area contributed by atoms with E-state index in [0.29, 0.717) is 35.9 Å². The summed E-state index contributed by atoms with van der Waals surface area (Å²) < 4.78 is 46.2. The van der Waals surface area contributed by atoms with Crippen LogP contribution in [0.2, 0.25) is 0 Å². The maximum absolute atomic E-state index is 12.9. The van der Waals surface area contributed by atoms with E-state index in [1.807, 2.05) is 25.3 Å². The summed E-state index contributed by atoms with van der Waals surface area (Å²) in [7, 11) is 0. The molecule has 1 N–H and O–H groups in total. The average Bonchev–Trinajstić information content (AvgIpc) is 3.18. The first-order chi connectivity index (χ1) is 15.8. The number of piperidine rings is 1. The number of hydrogen-bond donors (Lipinski definition) is 1. The number of benzene rings is 1. The van der Waals surface area contributed by atoms with Gasteiger partial charge >= 0.3 is 12.3 Å². The van der Waals surface area contributed by atoms with Gasteiger partial charge in [-0.05, 0) is 58.7 Å². The van der Waals surface area contributed by atoms with Gasteiger partial charge in [-0.25, -0.2) is 9.78 Å². The highest BCUT2D eigenvalue weighted by atomic mass is 19.4. The number of phenolic OH excluding ortho intramolecular Hbond substituents is 1. The molecule has 182 valence electrons. The molecule has 1 saturated heterocycles. The van der Waals surface area contributed by atoms with Gasteiger partial charge in [-0.15, -0.1) is 10.2 Å². The number of aromatic nitrogens is 4. The molecule has 1 fully saturated rings. The average molecular weight is 477 g/mol. The first kappa shape index (κ1) is 23.8. The summed E-state index contributed by atoms with van der Waals surface area (Å²) in [5.41, 5.74) is 0.470. The van der Waals surface area contributed by atoms with Crippen LogP contribution in [-0.4, -0.2) is 54.5 Å². The van der Waals surface area contributed by atoms with E-state index in [1.165, 1.54) is 6.07 Å².